The number of aryl methyl sites for hydroxylation is 1. The summed E-state index contributed by atoms with van der Waals surface area (Å²) in [5.41, 5.74) is 1.00. The van der Waals surface area contributed by atoms with Gasteiger partial charge in [0.2, 0.25) is 0 Å². The molecule has 0 radical (unpaired) electrons. The summed E-state index contributed by atoms with van der Waals surface area (Å²) in [4.78, 5) is 15.3. The number of rotatable bonds is 6. The molecule has 0 unspecified atom stereocenters. The molecule has 1 aromatic rings. The molecule has 0 aromatic carbocycles. The number of aliphatic carboxylic acids is 1. The van der Waals surface area contributed by atoms with Crippen LogP contribution in [-0.2, 0) is 21.6 Å². The third-order valence-corrected chi connectivity index (χ3v) is 5.44. The zero-order valence-electron chi connectivity index (χ0n) is 13.1. The summed E-state index contributed by atoms with van der Waals surface area (Å²) in [5, 5.41) is 11.8. The Morgan fingerprint density at radius 3 is 2.62 bits per heavy atom. The van der Waals surface area contributed by atoms with Gasteiger partial charge in [-0.15, -0.1) is 11.3 Å². The van der Waals surface area contributed by atoms with Crippen LogP contribution < -0.4 is 0 Å². The Morgan fingerprint density at radius 1 is 1.38 bits per heavy atom. The summed E-state index contributed by atoms with van der Waals surface area (Å²) in [7, 11) is 0. The highest BCUT2D eigenvalue weighted by Gasteiger charge is 2.42. The number of thiazole rings is 1. The average Bonchev–Trinajstić information content (AvgIpc) is 2.89. The van der Waals surface area contributed by atoms with Crippen molar-refractivity contribution in [1.82, 2.24) is 4.98 Å². The first-order valence-corrected chi connectivity index (χ1v) is 8.55. The van der Waals surface area contributed by atoms with Gasteiger partial charge in [0.05, 0.1) is 12.1 Å². The molecule has 4 nitrogen and oxygen atoms in total. The molecule has 0 spiro atoms. The van der Waals surface area contributed by atoms with E-state index in [2.05, 4.69) is 18.8 Å². The van der Waals surface area contributed by atoms with Crippen LogP contribution in [0, 0.1) is 5.41 Å². The molecule has 1 aliphatic carbocycles. The van der Waals surface area contributed by atoms with Crippen LogP contribution in [0.2, 0.25) is 0 Å². The first kappa shape index (κ1) is 16.4. The number of aromatic nitrogens is 1. The molecule has 0 bridgehead atoms. The summed E-state index contributed by atoms with van der Waals surface area (Å²) in [6, 6.07) is 0. The maximum absolute atomic E-state index is 10.7. The number of ether oxygens (including phenoxy) is 1. The summed E-state index contributed by atoms with van der Waals surface area (Å²) in [5.74, 6) is -0.775. The SMILES string of the molecule is CCOC1(c2nc(CCC(=O)O)cs2)CCC(C)(C)CC1. The standard InChI is InChI=1S/C16H25NO3S/c1-4-20-16(9-7-15(2,3)8-10-16)14-17-12(11-21-14)5-6-13(18)19/h11H,4-10H2,1-3H3,(H,18,19). The Kier molecular flexibility index (Phi) is 5.04. The van der Waals surface area contributed by atoms with Crippen molar-refractivity contribution in [3.05, 3.63) is 16.1 Å². The van der Waals surface area contributed by atoms with Gasteiger partial charge >= 0.3 is 5.97 Å². The van der Waals surface area contributed by atoms with E-state index in [0.29, 0.717) is 18.4 Å². The number of hydrogen-bond donors (Lipinski definition) is 1. The van der Waals surface area contributed by atoms with Gasteiger partial charge in [0.25, 0.3) is 0 Å². The number of hydrogen-bond acceptors (Lipinski definition) is 4. The van der Waals surface area contributed by atoms with E-state index in [1.807, 2.05) is 12.3 Å². The monoisotopic (exact) mass is 311 g/mol. The van der Waals surface area contributed by atoms with E-state index in [4.69, 9.17) is 9.84 Å². The molecule has 1 saturated carbocycles. The van der Waals surface area contributed by atoms with E-state index in [-0.39, 0.29) is 12.0 Å². The van der Waals surface area contributed by atoms with Gasteiger partial charge in [0.15, 0.2) is 0 Å². The van der Waals surface area contributed by atoms with Gasteiger partial charge in [0, 0.05) is 18.4 Å². The Hall–Kier alpha value is -0.940. The van der Waals surface area contributed by atoms with Gasteiger partial charge in [-0.3, -0.25) is 4.79 Å². The molecule has 1 heterocycles. The van der Waals surface area contributed by atoms with Crippen LogP contribution in [0.1, 0.15) is 63.6 Å². The molecule has 0 aliphatic heterocycles. The number of nitrogens with zero attached hydrogens (tertiary/aromatic N) is 1. The second-order valence-electron chi connectivity index (χ2n) is 6.63. The molecule has 118 valence electrons. The lowest BCUT2D eigenvalue weighted by Gasteiger charge is -2.42. The molecule has 0 amide bonds. The molecule has 1 aliphatic rings. The van der Waals surface area contributed by atoms with E-state index in [1.54, 1.807) is 11.3 Å². The predicted molar refractivity (Wildman–Crippen MR) is 83.6 cm³/mol. The maximum Gasteiger partial charge on any atom is 0.303 e. The Bertz CT molecular complexity index is 485. The third-order valence-electron chi connectivity index (χ3n) is 4.37. The quantitative estimate of drug-likeness (QED) is 0.863. The van der Waals surface area contributed by atoms with Crippen molar-refractivity contribution in [2.24, 2.45) is 5.41 Å². The third kappa shape index (κ3) is 4.04. The fourth-order valence-electron chi connectivity index (χ4n) is 2.89. The fraction of sp³-hybridized carbons (Fsp3) is 0.750. The zero-order chi connectivity index (χ0) is 15.5. The highest BCUT2D eigenvalue weighted by atomic mass is 32.1. The minimum atomic E-state index is -0.775. The van der Waals surface area contributed by atoms with Crippen molar-refractivity contribution in [2.45, 2.75) is 64.9 Å². The van der Waals surface area contributed by atoms with Gasteiger partial charge in [0.1, 0.15) is 10.6 Å². The molecule has 5 heteroatoms. The second kappa shape index (κ2) is 6.44. The van der Waals surface area contributed by atoms with Gasteiger partial charge in [-0.1, -0.05) is 13.8 Å². The van der Waals surface area contributed by atoms with Crippen molar-refractivity contribution in [2.75, 3.05) is 6.61 Å². The van der Waals surface area contributed by atoms with Crippen LogP contribution in [0.3, 0.4) is 0 Å². The first-order chi connectivity index (χ1) is 9.87. The number of carboxylic acids is 1. The minimum Gasteiger partial charge on any atom is -0.481 e. The van der Waals surface area contributed by atoms with Crippen molar-refractivity contribution >= 4 is 17.3 Å². The summed E-state index contributed by atoms with van der Waals surface area (Å²) in [6.07, 6.45) is 4.91. The number of carboxylic acid groups (broad SMARTS) is 1. The van der Waals surface area contributed by atoms with Gasteiger partial charge in [-0.2, -0.15) is 0 Å². The minimum absolute atomic E-state index is 0.137. The van der Waals surface area contributed by atoms with E-state index in [1.165, 1.54) is 0 Å². The molecular weight excluding hydrogens is 286 g/mol. The van der Waals surface area contributed by atoms with Crippen LogP contribution in [0.15, 0.2) is 5.38 Å². The fourth-order valence-corrected chi connectivity index (χ4v) is 3.96. The lowest BCUT2D eigenvalue weighted by atomic mass is 9.71. The summed E-state index contributed by atoms with van der Waals surface area (Å²) >= 11 is 1.62. The zero-order valence-corrected chi connectivity index (χ0v) is 14.0. The molecule has 1 N–H and O–H groups in total. The second-order valence-corrected chi connectivity index (χ2v) is 7.49. The Labute approximate surface area is 130 Å². The molecule has 2 rings (SSSR count). The summed E-state index contributed by atoms with van der Waals surface area (Å²) < 4.78 is 6.12. The maximum atomic E-state index is 10.7. The summed E-state index contributed by atoms with van der Waals surface area (Å²) in [6.45, 7) is 7.33. The lowest BCUT2D eigenvalue weighted by molar-refractivity contribution is -0.136. The van der Waals surface area contributed by atoms with Crippen molar-refractivity contribution < 1.29 is 14.6 Å². The van der Waals surface area contributed by atoms with Crippen LogP contribution in [0.25, 0.3) is 0 Å². The van der Waals surface area contributed by atoms with Crippen molar-refractivity contribution in [3.63, 3.8) is 0 Å². The first-order valence-electron chi connectivity index (χ1n) is 7.67. The van der Waals surface area contributed by atoms with Gasteiger partial charge in [-0.05, 0) is 38.0 Å². The van der Waals surface area contributed by atoms with E-state index in [0.717, 1.165) is 36.4 Å². The van der Waals surface area contributed by atoms with Gasteiger partial charge < -0.3 is 9.84 Å². The van der Waals surface area contributed by atoms with Crippen molar-refractivity contribution in [1.29, 1.82) is 0 Å². The van der Waals surface area contributed by atoms with Gasteiger partial charge in [-0.25, -0.2) is 4.98 Å². The highest BCUT2D eigenvalue weighted by molar-refractivity contribution is 7.09. The van der Waals surface area contributed by atoms with E-state index < -0.39 is 5.97 Å². The predicted octanol–water partition coefficient (Wildman–Crippen LogP) is 3.99. The Balaban J connectivity index is 2.13. The molecule has 1 fully saturated rings. The average molecular weight is 311 g/mol. The van der Waals surface area contributed by atoms with Crippen molar-refractivity contribution in [3.8, 4) is 0 Å². The molecule has 0 saturated heterocycles. The largest absolute Gasteiger partial charge is 0.481 e. The lowest BCUT2D eigenvalue weighted by Crippen LogP contribution is -2.37. The molecule has 1 aromatic heterocycles. The molecular formula is C16H25NO3S. The van der Waals surface area contributed by atoms with Crippen LogP contribution in [0.5, 0.6) is 0 Å². The Morgan fingerprint density at radius 2 is 2.05 bits per heavy atom. The number of carbonyl (C=O) groups is 1. The highest BCUT2D eigenvalue weighted by Crippen LogP contribution is 2.48. The molecule has 0 atom stereocenters. The van der Waals surface area contributed by atoms with Crippen LogP contribution >= 0.6 is 11.3 Å². The topological polar surface area (TPSA) is 59.4 Å². The van der Waals surface area contributed by atoms with Crippen LogP contribution in [-0.4, -0.2) is 22.7 Å². The van der Waals surface area contributed by atoms with E-state index in [9.17, 15) is 4.79 Å². The molecule has 21 heavy (non-hydrogen) atoms. The van der Waals surface area contributed by atoms with E-state index >= 15 is 0 Å². The van der Waals surface area contributed by atoms with Crippen LogP contribution in [0.4, 0.5) is 0 Å². The smallest absolute Gasteiger partial charge is 0.303 e. The normalized spacial score (nSPS) is 20.3.